The molecule has 0 N–H and O–H groups in total. The Morgan fingerprint density at radius 1 is 0.679 bits per heavy atom. The van der Waals surface area contributed by atoms with Crippen molar-refractivity contribution in [2.75, 3.05) is 0 Å². The molecule has 2 radical (unpaired) electrons. The predicted molar refractivity (Wildman–Crippen MR) is 126 cm³/mol. The van der Waals surface area contributed by atoms with Crippen molar-refractivity contribution in [1.29, 1.82) is 0 Å². The molecule has 0 nitrogen and oxygen atoms in total. The molecule has 0 atom stereocenters. The van der Waals surface area contributed by atoms with E-state index in [2.05, 4.69) is 93.5 Å². The van der Waals surface area contributed by atoms with Gasteiger partial charge in [-0.15, -0.1) is 82.2 Å². The molecule has 4 rings (SSSR count). The van der Waals surface area contributed by atoms with E-state index in [1.165, 1.54) is 81.7 Å². The Morgan fingerprint density at radius 3 is 1.39 bits per heavy atom. The summed E-state index contributed by atoms with van der Waals surface area (Å²) >= 11 is 1.36. The first-order valence-corrected chi connectivity index (χ1v) is 13.5. The van der Waals surface area contributed by atoms with Crippen molar-refractivity contribution in [3.8, 4) is 0 Å². The summed E-state index contributed by atoms with van der Waals surface area (Å²) in [5.41, 5.74) is 2.99. The van der Waals surface area contributed by atoms with Gasteiger partial charge in [-0.2, -0.15) is 11.1 Å². The summed E-state index contributed by atoms with van der Waals surface area (Å²) in [6.07, 6.45) is 4.86. The molecule has 0 saturated carbocycles. The van der Waals surface area contributed by atoms with Crippen molar-refractivity contribution in [3.05, 3.63) is 98.8 Å². The van der Waals surface area contributed by atoms with Crippen LogP contribution < -0.4 is 0 Å². The van der Waals surface area contributed by atoms with Crippen LogP contribution in [0.2, 0.25) is 0 Å². The molecule has 0 amide bonds. The normalized spacial score (nSPS) is 9.32. The van der Waals surface area contributed by atoms with E-state index >= 15 is 0 Å². The van der Waals surface area contributed by atoms with Crippen LogP contribution in [0.15, 0.2) is 72.8 Å². The molecule has 2 heteroatoms. The van der Waals surface area contributed by atoms with Crippen LogP contribution in [0.1, 0.15) is 37.8 Å². The predicted octanol–water partition coefficient (Wildman–Crippen LogP) is 7.54. The third-order valence-electron chi connectivity index (χ3n) is 4.58. The summed E-state index contributed by atoms with van der Waals surface area (Å²) in [4.78, 5) is 0. The van der Waals surface area contributed by atoms with Gasteiger partial charge in [-0.1, -0.05) is 51.7 Å². The topological polar surface area (TPSA) is 0 Å². The summed E-state index contributed by atoms with van der Waals surface area (Å²) in [7, 11) is 0. The molecule has 0 aromatic heterocycles. The molecule has 0 heterocycles. The summed E-state index contributed by atoms with van der Waals surface area (Å²) in [6, 6.07) is 26.1. The van der Waals surface area contributed by atoms with Crippen LogP contribution in [0, 0.1) is 14.9 Å². The van der Waals surface area contributed by atoms with Gasteiger partial charge in [0.1, 0.15) is 0 Å². The van der Waals surface area contributed by atoms with E-state index < -0.39 is 0 Å². The van der Waals surface area contributed by atoms with E-state index in [1.54, 1.807) is 0 Å². The second-order valence-corrected chi connectivity index (χ2v) is 6.39. The van der Waals surface area contributed by atoms with Crippen LogP contribution >= 0.6 is 0 Å². The molecule has 0 aliphatic heterocycles. The zero-order valence-electron chi connectivity index (χ0n) is 17.8. The Morgan fingerprint density at radius 2 is 1.04 bits per heavy atom. The number of rotatable bonds is 4. The maximum absolute atomic E-state index is 3.06. The summed E-state index contributed by atoms with van der Waals surface area (Å²) in [6.45, 7) is 7.51. The van der Waals surface area contributed by atoms with Gasteiger partial charge in [0.2, 0.25) is 0 Å². The van der Waals surface area contributed by atoms with E-state index in [0.29, 0.717) is 0 Å². The quantitative estimate of drug-likeness (QED) is 0.216. The van der Waals surface area contributed by atoms with Crippen LogP contribution in [0.4, 0.5) is 0 Å². The van der Waals surface area contributed by atoms with Gasteiger partial charge < -0.3 is 14.9 Å². The van der Waals surface area contributed by atoms with Gasteiger partial charge in [0.05, 0.1) is 0 Å². The van der Waals surface area contributed by atoms with Crippen molar-refractivity contribution < 1.29 is 23.3 Å². The fourth-order valence-corrected chi connectivity index (χ4v) is 3.40. The average Bonchev–Trinajstić information content (AvgIpc) is 3.30. The second kappa shape index (κ2) is 14.7. The molecule has 28 heavy (non-hydrogen) atoms. The molecule has 0 fully saturated rings. The van der Waals surface area contributed by atoms with Gasteiger partial charge in [-0.05, 0) is 0 Å². The molecule has 0 unspecified atom stereocenters. The monoisotopic (exact) mass is 462 g/mol. The van der Waals surface area contributed by atoms with Crippen LogP contribution in [0.3, 0.4) is 0 Å². The molecule has 0 aliphatic rings. The Hall–Kier alpha value is -1.24. The third kappa shape index (κ3) is 6.98. The van der Waals surface area contributed by atoms with Crippen LogP contribution in [0.25, 0.3) is 21.5 Å². The van der Waals surface area contributed by atoms with E-state index in [1.807, 2.05) is 0 Å². The second-order valence-electron chi connectivity index (χ2n) is 6.39. The number of hydrogen-bond donors (Lipinski definition) is 0. The minimum absolute atomic E-state index is 0. The van der Waals surface area contributed by atoms with Gasteiger partial charge in [-0.25, -0.2) is 0 Å². The van der Waals surface area contributed by atoms with Crippen LogP contribution in [-0.2, 0) is 36.2 Å². The first-order chi connectivity index (χ1) is 12.8. The van der Waals surface area contributed by atoms with Crippen molar-refractivity contribution in [2.24, 2.45) is 0 Å². The molecule has 0 spiro atoms. The van der Waals surface area contributed by atoms with Gasteiger partial charge in [0.15, 0.2) is 0 Å². The van der Waals surface area contributed by atoms with E-state index in [4.69, 9.17) is 0 Å². The molecule has 0 aliphatic carbocycles. The molecule has 4 aromatic carbocycles. The number of fused-ring (bicyclic) bond motifs is 2. The van der Waals surface area contributed by atoms with Crippen molar-refractivity contribution in [2.45, 2.75) is 39.5 Å². The molecule has 148 valence electrons. The summed E-state index contributed by atoms with van der Waals surface area (Å²) in [5.74, 6) is 0. The van der Waals surface area contributed by atoms with Crippen molar-refractivity contribution in [1.82, 2.24) is 0 Å². The SMILES string of the molecule is CCCc1c[cH-]c2ccccc12.CCCc1c[cH-]c2ccccc12.[CH3-].[CH3-].[Si]=[Zr]. The third-order valence-corrected chi connectivity index (χ3v) is 4.58. The Balaban J connectivity index is 0.000000449. The molecular weight excluding hydrogens is 432 g/mol. The maximum atomic E-state index is 3.06. The fourth-order valence-electron chi connectivity index (χ4n) is 3.40. The van der Waals surface area contributed by atoms with E-state index in [9.17, 15) is 0 Å². The Kier molecular flexibility index (Phi) is 14.1. The average molecular weight is 464 g/mol. The standard InChI is InChI=1S/2C12H13.2CH3.Si.Zr/c2*1-2-5-10-8-9-11-6-3-4-7-12(10)11;;;;/h2*3-4,6-9H,2,5H2,1H3;2*1H3;;/q4*-1;;. The number of aryl methyl sites for hydroxylation is 2. The summed E-state index contributed by atoms with van der Waals surface area (Å²) in [5, 5.41) is 5.61. The molecular formula is C26H32SiZr-4. The first-order valence-electron chi connectivity index (χ1n) is 9.35. The summed E-state index contributed by atoms with van der Waals surface area (Å²) < 4.78 is 0. The van der Waals surface area contributed by atoms with Crippen LogP contribution in [0.5, 0.6) is 0 Å². The first kappa shape index (κ1) is 26.8. The number of hydrogen-bond acceptors (Lipinski definition) is 0. The number of benzene rings is 2. The van der Waals surface area contributed by atoms with Gasteiger partial charge in [0.25, 0.3) is 0 Å². The minimum atomic E-state index is 0. The van der Waals surface area contributed by atoms with Gasteiger partial charge in [0, 0.05) is 0 Å². The molecule has 0 bridgehead atoms. The van der Waals surface area contributed by atoms with Crippen LogP contribution in [-0.4, -0.2) is 6.88 Å². The van der Waals surface area contributed by atoms with Crippen molar-refractivity contribution >= 4 is 28.4 Å². The van der Waals surface area contributed by atoms with E-state index in [-0.39, 0.29) is 14.9 Å². The zero-order valence-corrected chi connectivity index (χ0v) is 21.2. The zero-order chi connectivity index (χ0) is 18.8. The Labute approximate surface area is 189 Å². The van der Waals surface area contributed by atoms with Crippen molar-refractivity contribution in [3.63, 3.8) is 0 Å². The van der Waals surface area contributed by atoms with Gasteiger partial charge in [-0.3, -0.25) is 0 Å². The molecule has 0 saturated heterocycles. The van der Waals surface area contributed by atoms with Gasteiger partial charge >= 0.3 is 30.2 Å². The molecule has 4 aromatic rings. The van der Waals surface area contributed by atoms with E-state index in [0.717, 1.165) is 0 Å². The fraction of sp³-hybridized carbons (Fsp3) is 0.231. The Bertz CT molecular complexity index is 840.